The molecule has 0 radical (unpaired) electrons. The molecule has 1 aromatic rings. The average molecular weight is 348 g/mol. The number of rotatable bonds is 4. The number of esters is 1. The van der Waals surface area contributed by atoms with E-state index in [2.05, 4.69) is 9.98 Å². The van der Waals surface area contributed by atoms with Crippen LogP contribution in [0.3, 0.4) is 0 Å². The first-order valence-electron chi connectivity index (χ1n) is 7.90. The summed E-state index contributed by atoms with van der Waals surface area (Å²) >= 11 is 0. The first kappa shape index (κ1) is 18.8. The third-order valence-electron chi connectivity index (χ3n) is 4.19. The minimum atomic E-state index is -1.87. The summed E-state index contributed by atoms with van der Waals surface area (Å²) in [4.78, 5) is 31.3. The molecule has 1 aromatic heterocycles. The van der Waals surface area contributed by atoms with Crippen molar-refractivity contribution in [3.63, 3.8) is 0 Å². The lowest BCUT2D eigenvalue weighted by Crippen LogP contribution is -2.43. The summed E-state index contributed by atoms with van der Waals surface area (Å²) in [6, 6.07) is 1.53. The Balaban J connectivity index is 2.63. The van der Waals surface area contributed by atoms with Gasteiger partial charge in [-0.1, -0.05) is 12.5 Å². The SMILES string of the molecule is CC[C@@]1(O)C(=O)OCc2c1cc(/C(C)=N/C(/C=C/F)=C(C)C)[nH]c2=O. The van der Waals surface area contributed by atoms with Crippen LogP contribution in [0.5, 0.6) is 0 Å². The smallest absolute Gasteiger partial charge is 0.343 e. The molecule has 0 aromatic carbocycles. The number of aliphatic hydroxyl groups is 1. The lowest BCUT2D eigenvalue weighted by molar-refractivity contribution is -0.172. The summed E-state index contributed by atoms with van der Waals surface area (Å²) in [6.45, 7) is 6.66. The molecule has 1 aliphatic rings. The topological polar surface area (TPSA) is 91.8 Å². The monoisotopic (exact) mass is 348 g/mol. The predicted octanol–water partition coefficient (Wildman–Crippen LogP) is 2.62. The van der Waals surface area contributed by atoms with Gasteiger partial charge in [-0.2, -0.15) is 0 Å². The Morgan fingerprint density at radius 1 is 1.44 bits per heavy atom. The van der Waals surface area contributed by atoms with Gasteiger partial charge in [0.2, 0.25) is 0 Å². The van der Waals surface area contributed by atoms with Gasteiger partial charge in [-0.15, -0.1) is 0 Å². The number of aliphatic imine (C=N–C) groups is 1. The molecule has 0 unspecified atom stereocenters. The van der Waals surface area contributed by atoms with Gasteiger partial charge in [0.15, 0.2) is 5.60 Å². The Morgan fingerprint density at radius 3 is 2.68 bits per heavy atom. The molecule has 0 saturated carbocycles. The number of halogens is 1. The molecule has 25 heavy (non-hydrogen) atoms. The van der Waals surface area contributed by atoms with E-state index in [1.54, 1.807) is 27.7 Å². The van der Waals surface area contributed by atoms with Crippen molar-refractivity contribution in [2.75, 3.05) is 0 Å². The van der Waals surface area contributed by atoms with Crippen molar-refractivity contribution in [2.24, 2.45) is 4.99 Å². The van der Waals surface area contributed by atoms with Gasteiger partial charge in [0.05, 0.1) is 29.0 Å². The van der Waals surface area contributed by atoms with Crippen molar-refractivity contribution in [2.45, 2.75) is 46.3 Å². The first-order valence-corrected chi connectivity index (χ1v) is 7.90. The van der Waals surface area contributed by atoms with E-state index in [0.717, 1.165) is 5.57 Å². The maximum Gasteiger partial charge on any atom is 0.343 e. The molecular formula is C18H21FN2O4. The zero-order valence-corrected chi connectivity index (χ0v) is 14.6. The van der Waals surface area contributed by atoms with Crippen LogP contribution in [-0.4, -0.2) is 21.8 Å². The second-order valence-electron chi connectivity index (χ2n) is 6.07. The number of cyclic esters (lactones) is 1. The number of nitrogens with one attached hydrogen (secondary N) is 1. The lowest BCUT2D eigenvalue weighted by Gasteiger charge is -2.31. The van der Waals surface area contributed by atoms with Crippen molar-refractivity contribution in [1.29, 1.82) is 0 Å². The number of H-pyrrole nitrogens is 1. The van der Waals surface area contributed by atoms with Crippen LogP contribution in [0, 0.1) is 0 Å². The summed E-state index contributed by atoms with van der Waals surface area (Å²) < 4.78 is 17.4. The van der Waals surface area contributed by atoms with Gasteiger partial charge in [0.1, 0.15) is 6.61 Å². The summed E-state index contributed by atoms with van der Waals surface area (Å²) in [7, 11) is 0. The van der Waals surface area contributed by atoms with Crippen LogP contribution < -0.4 is 5.56 Å². The number of carbonyl (C=O) groups excluding carboxylic acids is 1. The Labute approximate surface area is 144 Å². The molecule has 6 nitrogen and oxygen atoms in total. The molecule has 134 valence electrons. The molecule has 2 heterocycles. The van der Waals surface area contributed by atoms with E-state index in [4.69, 9.17) is 4.74 Å². The lowest BCUT2D eigenvalue weighted by atomic mass is 9.86. The van der Waals surface area contributed by atoms with E-state index < -0.39 is 17.1 Å². The summed E-state index contributed by atoms with van der Waals surface area (Å²) in [6.07, 6.45) is 1.68. The van der Waals surface area contributed by atoms with Gasteiger partial charge in [-0.05, 0) is 39.3 Å². The Hall–Kier alpha value is -2.54. The number of ether oxygens (including phenoxy) is 1. The minimum Gasteiger partial charge on any atom is -0.458 e. The van der Waals surface area contributed by atoms with E-state index in [9.17, 15) is 19.1 Å². The number of fused-ring (bicyclic) bond motifs is 1. The highest BCUT2D eigenvalue weighted by Gasteiger charge is 2.44. The summed E-state index contributed by atoms with van der Waals surface area (Å²) in [5.41, 5.74) is 0.0932. The van der Waals surface area contributed by atoms with Gasteiger partial charge >= 0.3 is 5.97 Å². The largest absolute Gasteiger partial charge is 0.458 e. The molecule has 0 saturated heterocycles. The Kier molecular flexibility index (Phi) is 5.37. The standard InChI is InChI=1S/C18H21FN2O4/c1-5-18(24)13-8-15(11(4)20-14(6-7-19)10(2)3)21-16(22)12(13)9-25-17(18)23/h6-8,24H,5,9H2,1-4H3,(H,21,22)/b7-6+,20-11+/t18-/m0/s1. The van der Waals surface area contributed by atoms with Crippen molar-refractivity contribution in [3.8, 4) is 0 Å². The molecule has 0 amide bonds. The Morgan fingerprint density at radius 2 is 2.12 bits per heavy atom. The van der Waals surface area contributed by atoms with Crippen molar-refractivity contribution >= 4 is 11.7 Å². The van der Waals surface area contributed by atoms with Gasteiger partial charge in [0.25, 0.3) is 5.56 Å². The highest BCUT2D eigenvalue weighted by atomic mass is 19.1. The molecular weight excluding hydrogens is 327 g/mol. The highest BCUT2D eigenvalue weighted by molar-refractivity contribution is 5.98. The third-order valence-corrected chi connectivity index (χ3v) is 4.19. The van der Waals surface area contributed by atoms with E-state index in [1.807, 2.05) is 0 Å². The van der Waals surface area contributed by atoms with Gasteiger partial charge in [0, 0.05) is 5.56 Å². The maximum absolute atomic E-state index is 12.5. The Bertz CT molecular complexity index is 847. The molecule has 0 aliphatic carbocycles. The van der Waals surface area contributed by atoms with Crippen LogP contribution >= 0.6 is 0 Å². The molecule has 0 bridgehead atoms. The number of aromatic amines is 1. The molecule has 7 heteroatoms. The van der Waals surface area contributed by atoms with E-state index >= 15 is 0 Å². The maximum atomic E-state index is 12.5. The van der Waals surface area contributed by atoms with Crippen LogP contribution in [0.25, 0.3) is 0 Å². The van der Waals surface area contributed by atoms with Crippen LogP contribution in [-0.2, 0) is 21.7 Å². The normalized spacial score (nSPS) is 20.4. The number of aromatic nitrogens is 1. The third kappa shape index (κ3) is 3.46. The summed E-state index contributed by atoms with van der Waals surface area (Å²) in [5, 5.41) is 10.6. The number of allylic oxidation sites excluding steroid dienone is 2. The quantitative estimate of drug-likeness (QED) is 0.497. The van der Waals surface area contributed by atoms with Crippen LogP contribution in [0.4, 0.5) is 4.39 Å². The number of carbonyl (C=O) groups is 1. The van der Waals surface area contributed by atoms with Crippen molar-refractivity contribution < 1.29 is 19.0 Å². The number of pyridine rings is 1. The zero-order chi connectivity index (χ0) is 18.8. The summed E-state index contributed by atoms with van der Waals surface area (Å²) in [5.74, 6) is -0.779. The first-order chi connectivity index (χ1) is 11.7. The fourth-order valence-electron chi connectivity index (χ4n) is 2.61. The number of hydrogen-bond donors (Lipinski definition) is 2. The number of hydrogen-bond acceptors (Lipinski definition) is 5. The van der Waals surface area contributed by atoms with Gasteiger partial charge < -0.3 is 14.8 Å². The fraction of sp³-hybridized carbons (Fsp3) is 0.389. The second kappa shape index (κ2) is 7.14. The van der Waals surface area contributed by atoms with Crippen LogP contribution in [0.2, 0.25) is 0 Å². The van der Waals surface area contributed by atoms with E-state index in [-0.39, 0.29) is 24.2 Å². The average Bonchev–Trinajstić information content (AvgIpc) is 2.57. The van der Waals surface area contributed by atoms with Gasteiger partial charge in [-0.25, -0.2) is 9.18 Å². The number of nitrogens with zero attached hydrogens (tertiary/aromatic N) is 1. The van der Waals surface area contributed by atoms with Crippen molar-refractivity contribution in [1.82, 2.24) is 4.98 Å². The molecule has 1 atom stereocenters. The molecule has 1 aliphatic heterocycles. The van der Waals surface area contributed by atoms with E-state index in [0.29, 0.717) is 23.4 Å². The van der Waals surface area contributed by atoms with Gasteiger partial charge in [-0.3, -0.25) is 9.79 Å². The molecule has 0 spiro atoms. The van der Waals surface area contributed by atoms with Crippen LogP contribution in [0.1, 0.15) is 50.9 Å². The van der Waals surface area contributed by atoms with Crippen molar-refractivity contribution in [3.05, 3.63) is 56.9 Å². The highest BCUT2D eigenvalue weighted by Crippen LogP contribution is 2.33. The predicted molar refractivity (Wildman–Crippen MR) is 91.9 cm³/mol. The van der Waals surface area contributed by atoms with E-state index in [1.165, 1.54) is 12.1 Å². The zero-order valence-electron chi connectivity index (χ0n) is 14.6. The second-order valence-corrected chi connectivity index (χ2v) is 6.07. The molecule has 0 fully saturated rings. The fourth-order valence-corrected chi connectivity index (χ4v) is 2.61. The van der Waals surface area contributed by atoms with Crippen LogP contribution in [0.15, 0.2) is 39.5 Å². The molecule has 2 N–H and O–H groups in total. The molecule has 2 rings (SSSR count). The minimum absolute atomic E-state index is 0.0712.